The first-order chi connectivity index (χ1) is 10.2. The second kappa shape index (κ2) is 5.68. The quantitative estimate of drug-likeness (QED) is 0.831. The number of halogens is 1. The lowest BCUT2D eigenvalue weighted by atomic mass is 10.1. The maximum atomic E-state index is 13.0. The highest BCUT2D eigenvalue weighted by molar-refractivity contribution is 5.97. The number of carbonyl (C=O) groups is 1. The molecule has 2 nitrogen and oxygen atoms in total. The van der Waals surface area contributed by atoms with Crippen molar-refractivity contribution < 1.29 is 9.18 Å². The molecule has 0 heterocycles. The van der Waals surface area contributed by atoms with E-state index in [1.807, 2.05) is 42.2 Å². The minimum atomic E-state index is -0.234. The van der Waals surface area contributed by atoms with Gasteiger partial charge in [0.15, 0.2) is 0 Å². The molecule has 1 amide bonds. The fourth-order valence-electron chi connectivity index (χ4n) is 2.82. The smallest absolute Gasteiger partial charge is 0.230 e. The third-order valence-electron chi connectivity index (χ3n) is 4.06. The van der Waals surface area contributed by atoms with Crippen LogP contribution in [-0.4, -0.2) is 12.5 Å². The summed E-state index contributed by atoms with van der Waals surface area (Å²) in [4.78, 5) is 14.5. The molecule has 3 heteroatoms. The monoisotopic (exact) mass is 283 g/mol. The molecular formula is C18H18FNO. The number of amides is 1. The van der Waals surface area contributed by atoms with E-state index in [0.29, 0.717) is 6.54 Å². The summed E-state index contributed by atoms with van der Waals surface area (Å²) < 4.78 is 13.0. The van der Waals surface area contributed by atoms with Crippen LogP contribution >= 0.6 is 0 Å². The molecule has 1 aliphatic rings. The molecule has 1 aliphatic carbocycles. The number of anilines is 1. The summed E-state index contributed by atoms with van der Waals surface area (Å²) in [5, 5.41) is 0. The molecule has 0 spiro atoms. The highest BCUT2D eigenvalue weighted by Crippen LogP contribution is 2.48. The topological polar surface area (TPSA) is 20.3 Å². The minimum absolute atomic E-state index is 0.0237. The fraction of sp³-hybridized carbons (Fsp3) is 0.278. The average Bonchev–Trinajstić information content (AvgIpc) is 3.30. The van der Waals surface area contributed by atoms with Crippen LogP contribution in [0.2, 0.25) is 0 Å². The van der Waals surface area contributed by atoms with E-state index in [1.54, 1.807) is 12.1 Å². The van der Waals surface area contributed by atoms with Gasteiger partial charge in [0.25, 0.3) is 0 Å². The second-order valence-electron chi connectivity index (χ2n) is 5.42. The van der Waals surface area contributed by atoms with Crippen molar-refractivity contribution in [2.45, 2.75) is 19.3 Å². The van der Waals surface area contributed by atoms with E-state index in [2.05, 4.69) is 0 Å². The maximum absolute atomic E-state index is 13.0. The van der Waals surface area contributed by atoms with Crippen LogP contribution in [0.3, 0.4) is 0 Å². The molecule has 0 saturated heterocycles. The number of rotatable bonds is 4. The van der Waals surface area contributed by atoms with Crippen LogP contribution in [0.1, 0.15) is 24.8 Å². The van der Waals surface area contributed by atoms with Gasteiger partial charge in [-0.1, -0.05) is 30.3 Å². The fourth-order valence-corrected chi connectivity index (χ4v) is 2.82. The van der Waals surface area contributed by atoms with E-state index in [-0.39, 0.29) is 23.6 Å². The Kier molecular flexibility index (Phi) is 3.74. The number of hydrogen-bond donors (Lipinski definition) is 0. The van der Waals surface area contributed by atoms with Gasteiger partial charge in [-0.15, -0.1) is 0 Å². The molecule has 2 unspecified atom stereocenters. The van der Waals surface area contributed by atoms with Crippen LogP contribution < -0.4 is 4.90 Å². The van der Waals surface area contributed by atoms with Crippen molar-refractivity contribution in [3.05, 3.63) is 66.0 Å². The van der Waals surface area contributed by atoms with Crippen molar-refractivity contribution in [1.82, 2.24) is 0 Å². The number of carbonyl (C=O) groups excluding carboxylic acids is 1. The van der Waals surface area contributed by atoms with Crippen molar-refractivity contribution in [1.29, 1.82) is 0 Å². The number of benzene rings is 2. The van der Waals surface area contributed by atoms with Gasteiger partial charge >= 0.3 is 0 Å². The van der Waals surface area contributed by atoms with Crippen molar-refractivity contribution >= 4 is 11.6 Å². The Morgan fingerprint density at radius 1 is 1.14 bits per heavy atom. The van der Waals surface area contributed by atoms with Crippen LogP contribution in [0.4, 0.5) is 10.1 Å². The standard InChI is InChI=1S/C18H18FNO/c1-2-20(15-6-4-3-5-7-15)18(21)17-12-16(17)13-8-10-14(19)11-9-13/h3-11,16-17H,2,12H2,1H3. The third kappa shape index (κ3) is 2.82. The van der Waals surface area contributed by atoms with Gasteiger partial charge in [0, 0.05) is 18.2 Å². The number of nitrogens with zero attached hydrogens (tertiary/aromatic N) is 1. The van der Waals surface area contributed by atoms with Crippen molar-refractivity contribution in [3.8, 4) is 0 Å². The van der Waals surface area contributed by atoms with Crippen LogP contribution in [0.5, 0.6) is 0 Å². The highest BCUT2D eigenvalue weighted by Gasteiger charge is 2.45. The Labute approximate surface area is 124 Å². The normalized spacial score (nSPS) is 20.1. The molecule has 0 N–H and O–H groups in total. The van der Waals surface area contributed by atoms with Gasteiger partial charge in [-0.05, 0) is 49.1 Å². The third-order valence-corrected chi connectivity index (χ3v) is 4.06. The van der Waals surface area contributed by atoms with Crippen LogP contribution in [0, 0.1) is 11.7 Å². The van der Waals surface area contributed by atoms with E-state index in [1.165, 1.54) is 12.1 Å². The Morgan fingerprint density at radius 3 is 2.43 bits per heavy atom. The van der Waals surface area contributed by atoms with Crippen LogP contribution in [-0.2, 0) is 4.79 Å². The van der Waals surface area contributed by atoms with E-state index in [4.69, 9.17) is 0 Å². The molecule has 2 aromatic rings. The second-order valence-corrected chi connectivity index (χ2v) is 5.42. The number of hydrogen-bond acceptors (Lipinski definition) is 1. The summed E-state index contributed by atoms with van der Waals surface area (Å²) in [6.07, 6.45) is 0.855. The van der Waals surface area contributed by atoms with Crippen LogP contribution in [0.25, 0.3) is 0 Å². The molecule has 1 saturated carbocycles. The van der Waals surface area contributed by atoms with E-state index >= 15 is 0 Å². The molecule has 3 rings (SSSR count). The summed E-state index contributed by atoms with van der Waals surface area (Å²) in [5.41, 5.74) is 1.99. The zero-order valence-electron chi connectivity index (χ0n) is 12.0. The molecule has 21 heavy (non-hydrogen) atoms. The van der Waals surface area contributed by atoms with Gasteiger partial charge in [-0.3, -0.25) is 4.79 Å². The molecular weight excluding hydrogens is 265 g/mol. The minimum Gasteiger partial charge on any atom is -0.312 e. The van der Waals surface area contributed by atoms with E-state index in [9.17, 15) is 9.18 Å². The lowest BCUT2D eigenvalue weighted by Gasteiger charge is -2.21. The summed E-state index contributed by atoms with van der Waals surface area (Å²) in [6, 6.07) is 16.2. The zero-order valence-corrected chi connectivity index (χ0v) is 12.0. The van der Waals surface area contributed by atoms with Crippen molar-refractivity contribution in [3.63, 3.8) is 0 Å². The average molecular weight is 283 g/mol. The SMILES string of the molecule is CCN(C(=O)C1CC1c1ccc(F)cc1)c1ccccc1. The predicted molar refractivity (Wildman–Crippen MR) is 81.7 cm³/mol. The zero-order chi connectivity index (χ0) is 14.8. The van der Waals surface area contributed by atoms with Gasteiger partial charge in [-0.25, -0.2) is 4.39 Å². The molecule has 2 aromatic carbocycles. The molecule has 1 fully saturated rings. The molecule has 108 valence electrons. The van der Waals surface area contributed by atoms with Gasteiger partial charge in [-0.2, -0.15) is 0 Å². The summed E-state index contributed by atoms with van der Waals surface area (Å²) >= 11 is 0. The maximum Gasteiger partial charge on any atom is 0.230 e. The van der Waals surface area contributed by atoms with Gasteiger partial charge in [0.2, 0.25) is 5.91 Å². The van der Waals surface area contributed by atoms with Crippen LogP contribution in [0.15, 0.2) is 54.6 Å². The first-order valence-electron chi connectivity index (χ1n) is 7.32. The molecule has 0 aliphatic heterocycles. The van der Waals surface area contributed by atoms with Gasteiger partial charge in [0.05, 0.1) is 0 Å². The predicted octanol–water partition coefficient (Wildman–Crippen LogP) is 3.98. The largest absolute Gasteiger partial charge is 0.312 e. The van der Waals surface area contributed by atoms with Gasteiger partial charge in [0.1, 0.15) is 5.82 Å². The highest BCUT2D eigenvalue weighted by atomic mass is 19.1. The van der Waals surface area contributed by atoms with Gasteiger partial charge < -0.3 is 4.90 Å². The first kappa shape index (κ1) is 13.8. The summed E-state index contributed by atoms with van der Waals surface area (Å²) in [6.45, 7) is 2.65. The van der Waals surface area contributed by atoms with Crippen molar-refractivity contribution in [2.24, 2.45) is 5.92 Å². The molecule has 2 atom stereocenters. The summed E-state index contributed by atoms with van der Waals surface area (Å²) in [7, 11) is 0. The molecule has 0 bridgehead atoms. The molecule has 0 aromatic heterocycles. The van der Waals surface area contributed by atoms with E-state index < -0.39 is 0 Å². The number of para-hydroxylation sites is 1. The van der Waals surface area contributed by atoms with E-state index in [0.717, 1.165) is 17.7 Å². The Bertz CT molecular complexity index is 623. The molecule has 0 radical (unpaired) electrons. The lowest BCUT2D eigenvalue weighted by molar-refractivity contribution is -0.119. The summed E-state index contributed by atoms with van der Waals surface area (Å²) in [5.74, 6) is 0.186. The Balaban J connectivity index is 1.73. The Hall–Kier alpha value is -2.16. The first-order valence-corrected chi connectivity index (χ1v) is 7.32. The Morgan fingerprint density at radius 2 is 1.81 bits per heavy atom. The lowest BCUT2D eigenvalue weighted by Crippen LogP contribution is -2.32. The van der Waals surface area contributed by atoms with Crippen molar-refractivity contribution in [2.75, 3.05) is 11.4 Å².